The highest BCUT2D eigenvalue weighted by Gasteiger charge is 2.46. The maximum atomic E-state index is 14.0. The van der Waals surface area contributed by atoms with E-state index in [2.05, 4.69) is 10.6 Å². The number of amides is 2. The minimum Gasteiger partial charge on any atom is -0.738 e. The van der Waals surface area contributed by atoms with Gasteiger partial charge in [-0.15, -0.1) is 0 Å². The van der Waals surface area contributed by atoms with Gasteiger partial charge in [-0.1, -0.05) is 91.0 Å². The molecule has 196 valence electrons. The molecule has 0 aliphatic heterocycles. The summed E-state index contributed by atoms with van der Waals surface area (Å²) in [6, 6.07) is 48.0. The quantitative estimate of drug-likeness (QED) is 0.145. The Kier molecular flexibility index (Phi) is 8.46. The van der Waals surface area contributed by atoms with Crippen molar-refractivity contribution in [1.29, 1.82) is 0 Å². The Labute approximate surface area is 240 Å². The second kappa shape index (κ2) is 12.5. The summed E-state index contributed by atoms with van der Waals surface area (Å²) in [4.78, 5) is 27.5. The number of carbonyl (C=O) groups is 2. The lowest BCUT2D eigenvalue weighted by Crippen LogP contribution is -2.37. The van der Waals surface area contributed by atoms with Crippen LogP contribution in [0.3, 0.4) is 0 Å². The average Bonchev–Trinajstić information content (AvgIpc) is 3.02. The highest BCUT2D eigenvalue weighted by Crippen LogP contribution is 2.62. The van der Waals surface area contributed by atoms with Crippen LogP contribution in [0.25, 0.3) is 0 Å². The number of anilines is 1. The molecule has 0 saturated carbocycles. The van der Waals surface area contributed by atoms with Gasteiger partial charge in [-0.05, 0) is 65.3 Å². The zero-order chi connectivity index (χ0) is 27.8. The molecule has 0 aliphatic carbocycles. The predicted octanol–water partition coefficient (Wildman–Crippen LogP) is 5.77. The first-order valence-corrected chi connectivity index (χ1v) is 15.0. The van der Waals surface area contributed by atoms with Gasteiger partial charge in [0, 0.05) is 11.3 Å². The number of para-hydroxylation sites is 1. The van der Waals surface area contributed by atoms with Gasteiger partial charge in [0.15, 0.2) is 0 Å². The van der Waals surface area contributed by atoms with E-state index >= 15 is 0 Å². The highest BCUT2D eigenvalue weighted by molar-refractivity contribution is 8.06. The van der Waals surface area contributed by atoms with Gasteiger partial charge in [0.2, 0.25) is 0 Å². The lowest BCUT2D eigenvalue weighted by molar-refractivity contribution is -0.113. The number of carbonyl (C=O) groups excluding carboxylic acids is 2. The third-order valence-electron chi connectivity index (χ3n) is 6.48. The van der Waals surface area contributed by atoms with Gasteiger partial charge in [-0.25, -0.2) is 0 Å². The number of rotatable bonds is 8. The van der Waals surface area contributed by atoms with Gasteiger partial charge < -0.3 is 23.3 Å². The Morgan fingerprint density at radius 3 is 1.32 bits per heavy atom. The zero-order valence-corrected chi connectivity index (χ0v) is 23.3. The molecule has 0 spiro atoms. The zero-order valence-electron chi connectivity index (χ0n) is 21.6. The van der Waals surface area contributed by atoms with E-state index in [1.165, 1.54) is 0 Å². The van der Waals surface area contributed by atoms with Crippen LogP contribution in [0.5, 0.6) is 0 Å². The molecule has 5 aromatic carbocycles. The van der Waals surface area contributed by atoms with Crippen molar-refractivity contribution >= 4 is 53.3 Å². The summed E-state index contributed by atoms with van der Waals surface area (Å²) < 4.78 is 0.383. The summed E-state index contributed by atoms with van der Waals surface area (Å²) >= 11 is 6.35. The van der Waals surface area contributed by atoms with E-state index < -0.39 is 19.1 Å². The molecule has 0 aromatic heterocycles. The summed E-state index contributed by atoms with van der Waals surface area (Å²) in [5.74, 6) is -0.888. The molecular weight excluding hydrogens is 531 g/mol. The molecule has 40 heavy (non-hydrogen) atoms. The molecule has 0 radical (unpaired) electrons. The van der Waals surface area contributed by atoms with Crippen molar-refractivity contribution in [3.63, 3.8) is 0 Å². The third kappa shape index (κ3) is 5.57. The molecule has 2 N–H and O–H groups in total. The van der Waals surface area contributed by atoms with Crippen LogP contribution in [-0.2, 0) is 17.4 Å². The Bertz CT molecular complexity index is 1520. The minimum absolute atomic E-state index is 0.0533. The van der Waals surface area contributed by atoms with Crippen LogP contribution in [0.1, 0.15) is 10.4 Å². The van der Waals surface area contributed by atoms with E-state index in [0.717, 1.165) is 15.9 Å². The van der Waals surface area contributed by atoms with Gasteiger partial charge in [-0.3, -0.25) is 9.59 Å². The van der Waals surface area contributed by atoms with Gasteiger partial charge in [0.25, 0.3) is 11.8 Å². The molecule has 6 heteroatoms. The van der Waals surface area contributed by atoms with Gasteiger partial charge in [0.1, 0.15) is 28.9 Å². The largest absolute Gasteiger partial charge is 0.738 e. The van der Waals surface area contributed by atoms with Crippen LogP contribution < -0.4 is 26.5 Å². The van der Waals surface area contributed by atoms with Crippen molar-refractivity contribution < 1.29 is 9.59 Å². The van der Waals surface area contributed by atoms with Crippen molar-refractivity contribution in [2.45, 2.75) is 0 Å². The number of hydrogen-bond donors (Lipinski definition) is 2. The van der Waals surface area contributed by atoms with E-state index in [-0.39, 0.29) is 5.70 Å². The summed E-state index contributed by atoms with van der Waals surface area (Å²) in [6.07, 6.45) is 0. The van der Waals surface area contributed by atoms with Crippen LogP contribution >= 0.6 is 7.26 Å². The van der Waals surface area contributed by atoms with E-state index in [9.17, 15) is 9.59 Å². The van der Waals surface area contributed by atoms with E-state index in [4.69, 9.17) is 12.6 Å². The van der Waals surface area contributed by atoms with E-state index in [1.54, 1.807) is 36.4 Å². The monoisotopic (exact) mass is 558 g/mol. The molecule has 0 atom stereocenters. The van der Waals surface area contributed by atoms with Gasteiger partial charge in [-0.2, -0.15) is 0 Å². The molecule has 0 fully saturated rings. The van der Waals surface area contributed by atoms with Crippen molar-refractivity contribution in [3.8, 4) is 0 Å². The molecule has 0 unspecified atom stereocenters. The highest BCUT2D eigenvalue weighted by atomic mass is 32.1. The van der Waals surface area contributed by atoms with Crippen LogP contribution in [0.15, 0.2) is 162 Å². The summed E-state index contributed by atoms with van der Waals surface area (Å²) in [5, 5.41) is 8.81. The van der Waals surface area contributed by atoms with E-state index in [0.29, 0.717) is 15.9 Å². The van der Waals surface area contributed by atoms with Crippen LogP contribution in [0, 0.1) is 0 Å². The van der Waals surface area contributed by atoms with E-state index in [1.807, 2.05) is 115 Å². The predicted molar refractivity (Wildman–Crippen MR) is 169 cm³/mol. The van der Waals surface area contributed by atoms with Crippen molar-refractivity contribution in [2.24, 2.45) is 0 Å². The fraction of sp³-hybridized carbons (Fsp3) is 0. The normalized spacial score (nSPS) is 11.7. The molecule has 0 bridgehead atoms. The lowest BCUT2D eigenvalue weighted by Gasteiger charge is -2.35. The molecule has 5 rings (SSSR count). The Morgan fingerprint density at radius 2 is 0.900 bits per heavy atom. The summed E-state index contributed by atoms with van der Waals surface area (Å²) in [5.41, 5.74) is 1.08. The van der Waals surface area contributed by atoms with Gasteiger partial charge >= 0.3 is 0 Å². The molecule has 5 aromatic rings. The average molecular weight is 559 g/mol. The second-order valence-electron chi connectivity index (χ2n) is 9.00. The smallest absolute Gasteiger partial charge is 0.274 e. The van der Waals surface area contributed by atoms with Crippen LogP contribution in [-0.4, -0.2) is 11.8 Å². The SMILES string of the molecule is O=C(Nc1ccccc1)/C(NC(=O)c1ccccc1)=C(\[S-])[P+](c1ccccc1)(c1ccccc1)c1ccccc1. The first-order valence-electron chi connectivity index (χ1n) is 12.8. The van der Waals surface area contributed by atoms with Gasteiger partial charge in [0.05, 0.1) is 0 Å². The summed E-state index contributed by atoms with van der Waals surface area (Å²) in [6.45, 7) is 0. The van der Waals surface area contributed by atoms with Crippen molar-refractivity contribution in [3.05, 3.63) is 168 Å². The lowest BCUT2D eigenvalue weighted by atomic mass is 10.2. The molecule has 0 saturated heterocycles. The first-order chi connectivity index (χ1) is 19.6. The molecule has 4 nitrogen and oxygen atoms in total. The minimum atomic E-state index is -2.79. The fourth-order valence-electron chi connectivity index (χ4n) is 4.62. The standard InChI is InChI=1S/C34H27N2O2PS/c37-32(26-16-6-1-7-17-26)36-31(33(38)35-27-18-8-2-9-19-27)34(40)39(28-20-10-3-11-21-28,29-22-12-4-13-23-29)30-24-14-5-15-25-30/h1-25H,(H2-,35,36,37,38,40). The maximum absolute atomic E-state index is 14.0. The number of hydrogen-bond acceptors (Lipinski definition) is 3. The summed E-state index contributed by atoms with van der Waals surface area (Å²) in [7, 11) is -2.79. The molecule has 2 amide bonds. The molecular formula is C34H27N2O2PS. The van der Waals surface area contributed by atoms with Crippen LogP contribution in [0.4, 0.5) is 5.69 Å². The first kappa shape index (κ1) is 27.0. The maximum Gasteiger partial charge on any atom is 0.274 e. The molecule has 0 heterocycles. The fourth-order valence-corrected chi connectivity index (χ4v) is 9.66. The Balaban J connectivity index is 1.79. The topological polar surface area (TPSA) is 58.2 Å². The van der Waals surface area contributed by atoms with Crippen molar-refractivity contribution in [1.82, 2.24) is 5.32 Å². The van der Waals surface area contributed by atoms with Crippen molar-refractivity contribution in [2.75, 3.05) is 5.32 Å². The van der Waals surface area contributed by atoms with Crippen LogP contribution in [0.2, 0.25) is 0 Å². The number of benzene rings is 5. The third-order valence-corrected chi connectivity index (χ3v) is 11.6. The Hall–Kier alpha value is -4.57. The second-order valence-corrected chi connectivity index (χ2v) is 13.0. The molecule has 0 aliphatic rings. The number of nitrogens with one attached hydrogen (secondary N) is 2. The Morgan fingerprint density at radius 1 is 0.525 bits per heavy atom.